The Bertz CT molecular complexity index is 504. The van der Waals surface area contributed by atoms with E-state index in [2.05, 4.69) is 42.4 Å². The van der Waals surface area contributed by atoms with Crippen molar-refractivity contribution in [3.05, 3.63) is 42.1 Å². The van der Waals surface area contributed by atoms with Crippen LogP contribution in [0.5, 0.6) is 0 Å². The summed E-state index contributed by atoms with van der Waals surface area (Å²) in [5, 5.41) is 1.21. The van der Waals surface area contributed by atoms with Gasteiger partial charge in [-0.3, -0.25) is 0 Å². The topological polar surface area (TPSA) is 12.9 Å². The Morgan fingerprint density at radius 2 is 1.65 bits per heavy atom. The summed E-state index contributed by atoms with van der Waals surface area (Å²) in [4.78, 5) is 4.30. The van der Waals surface area contributed by atoms with Crippen molar-refractivity contribution in [3.8, 4) is 0 Å². The second-order valence-corrected chi connectivity index (χ2v) is 5.69. The first kappa shape index (κ1) is 15.0. The molecule has 0 atom stereocenters. The average molecular weight is 268 g/mol. The summed E-state index contributed by atoms with van der Waals surface area (Å²) in [6.45, 7) is 2.27. The second-order valence-electron chi connectivity index (χ2n) is 5.69. The van der Waals surface area contributed by atoms with E-state index in [-0.39, 0.29) is 0 Å². The van der Waals surface area contributed by atoms with E-state index in [4.69, 9.17) is 0 Å². The highest BCUT2D eigenvalue weighted by Crippen LogP contribution is 2.16. The Hall–Kier alpha value is -1.37. The van der Waals surface area contributed by atoms with Crippen LogP contribution in [0, 0.1) is 6.20 Å². The molecule has 0 unspecified atom stereocenters. The Labute approximate surface area is 123 Å². The number of pyridine rings is 1. The maximum atomic E-state index is 4.30. The highest BCUT2D eigenvalue weighted by Gasteiger charge is 1.98. The molecule has 1 radical (unpaired) electrons. The number of fused-ring (bicyclic) bond motifs is 1. The van der Waals surface area contributed by atoms with Crippen LogP contribution >= 0.6 is 0 Å². The summed E-state index contributed by atoms with van der Waals surface area (Å²) in [6, 6.07) is 10.6. The van der Waals surface area contributed by atoms with Gasteiger partial charge in [-0.15, -0.1) is 0 Å². The minimum absolute atomic E-state index is 1.07. The van der Waals surface area contributed by atoms with Gasteiger partial charge in [0, 0.05) is 5.39 Å². The van der Waals surface area contributed by atoms with Crippen LogP contribution in [-0.2, 0) is 6.42 Å². The zero-order valence-corrected chi connectivity index (χ0v) is 12.7. The van der Waals surface area contributed by atoms with Gasteiger partial charge in [-0.05, 0) is 30.5 Å². The van der Waals surface area contributed by atoms with Gasteiger partial charge in [-0.2, -0.15) is 0 Å². The summed E-state index contributed by atoms with van der Waals surface area (Å²) in [5.41, 5.74) is 2.49. The van der Waals surface area contributed by atoms with Gasteiger partial charge in [0.05, 0.1) is 11.7 Å². The lowest BCUT2D eigenvalue weighted by atomic mass is 10.0. The molecule has 2 aromatic rings. The quantitative estimate of drug-likeness (QED) is 0.530. The predicted octanol–water partition coefficient (Wildman–Crippen LogP) is 5.72. The van der Waals surface area contributed by atoms with E-state index in [1.54, 1.807) is 0 Å². The van der Waals surface area contributed by atoms with Crippen molar-refractivity contribution < 1.29 is 0 Å². The summed E-state index contributed by atoms with van der Waals surface area (Å²) in [6.07, 6.45) is 15.1. The van der Waals surface area contributed by atoms with E-state index in [1.165, 1.54) is 68.7 Å². The molecule has 0 bridgehead atoms. The number of aromatic nitrogens is 1. The molecule has 0 aliphatic carbocycles. The van der Waals surface area contributed by atoms with E-state index in [9.17, 15) is 0 Å². The van der Waals surface area contributed by atoms with Crippen molar-refractivity contribution in [2.75, 3.05) is 0 Å². The Morgan fingerprint density at radius 1 is 0.900 bits per heavy atom. The molecule has 107 valence electrons. The van der Waals surface area contributed by atoms with Crippen molar-refractivity contribution in [1.29, 1.82) is 0 Å². The van der Waals surface area contributed by atoms with Crippen LogP contribution in [0.3, 0.4) is 0 Å². The third-order valence-electron chi connectivity index (χ3n) is 3.94. The van der Waals surface area contributed by atoms with Crippen LogP contribution in [0.1, 0.15) is 63.9 Å². The zero-order chi connectivity index (χ0) is 14.0. The number of unbranched alkanes of at least 4 members (excludes halogenated alkanes) is 7. The maximum absolute atomic E-state index is 4.30. The average Bonchev–Trinajstić information content (AvgIpc) is 2.50. The molecular formula is C19H26N. The molecule has 1 aromatic heterocycles. The predicted molar refractivity (Wildman–Crippen MR) is 86.9 cm³/mol. The summed E-state index contributed by atoms with van der Waals surface area (Å²) < 4.78 is 0. The monoisotopic (exact) mass is 268 g/mol. The highest BCUT2D eigenvalue weighted by atomic mass is 14.6. The van der Waals surface area contributed by atoms with Crippen LogP contribution in [0.25, 0.3) is 10.9 Å². The van der Waals surface area contributed by atoms with Crippen LogP contribution in [0.2, 0.25) is 0 Å². The SMILES string of the molecule is CCCCCCCCCCc1ccc2cc[c]nc2c1. The molecule has 0 aliphatic rings. The van der Waals surface area contributed by atoms with Crippen molar-refractivity contribution in [1.82, 2.24) is 4.98 Å². The summed E-state index contributed by atoms with van der Waals surface area (Å²) in [7, 11) is 0. The number of aryl methyl sites for hydroxylation is 1. The number of nitrogens with zero attached hydrogens (tertiary/aromatic N) is 1. The molecule has 2 rings (SSSR count). The van der Waals surface area contributed by atoms with Crippen LogP contribution in [0.15, 0.2) is 30.3 Å². The van der Waals surface area contributed by atoms with Crippen LogP contribution < -0.4 is 0 Å². The van der Waals surface area contributed by atoms with Gasteiger partial charge in [0.2, 0.25) is 0 Å². The summed E-state index contributed by atoms with van der Waals surface area (Å²) >= 11 is 0. The lowest BCUT2D eigenvalue weighted by Crippen LogP contribution is -1.88. The Morgan fingerprint density at radius 3 is 2.45 bits per heavy atom. The lowest BCUT2D eigenvalue weighted by molar-refractivity contribution is 0.575. The molecule has 1 aromatic carbocycles. The minimum Gasteiger partial charge on any atom is -0.246 e. The number of rotatable bonds is 9. The summed E-state index contributed by atoms with van der Waals surface area (Å²) in [5.74, 6) is 0. The first-order valence-electron chi connectivity index (χ1n) is 8.16. The molecule has 0 fully saturated rings. The molecule has 0 N–H and O–H groups in total. The molecule has 1 heteroatoms. The van der Waals surface area contributed by atoms with E-state index in [0.717, 1.165) is 5.52 Å². The molecule has 20 heavy (non-hydrogen) atoms. The van der Waals surface area contributed by atoms with E-state index >= 15 is 0 Å². The number of hydrogen-bond donors (Lipinski definition) is 0. The molecule has 0 spiro atoms. The Kier molecular flexibility index (Phi) is 6.56. The van der Waals surface area contributed by atoms with Gasteiger partial charge in [-0.25, -0.2) is 4.98 Å². The molecule has 1 nitrogen and oxygen atoms in total. The van der Waals surface area contributed by atoms with Gasteiger partial charge >= 0.3 is 0 Å². The van der Waals surface area contributed by atoms with Gasteiger partial charge in [0.1, 0.15) is 0 Å². The third kappa shape index (κ3) is 4.96. The van der Waals surface area contributed by atoms with Crippen molar-refractivity contribution in [3.63, 3.8) is 0 Å². The van der Waals surface area contributed by atoms with E-state index < -0.39 is 0 Å². The van der Waals surface area contributed by atoms with E-state index in [0.29, 0.717) is 0 Å². The van der Waals surface area contributed by atoms with Gasteiger partial charge < -0.3 is 0 Å². The fourth-order valence-corrected chi connectivity index (χ4v) is 2.68. The fraction of sp³-hybridized carbons (Fsp3) is 0.526. The normalized spacial score (nSPS) is 11.1. The van der Waals surface area contributed by atoms with Crippen LogP contribution in [0.4, 0.5) is 0 Å². The first-order valence-corrected chi connectivity index (χ1v) is 8.16. The van der Waals surface area contributed by atoms with Crippen molar-refractivity contribution in [2.24, 2.45) is 0 Å². The maximum Gasteiger partial charge on any atom is 0.0894 e. The van der Waals surface area contributed by atoms with Gasteiger partial charge in [0.15, 0.2) is 0 Å². The molecule has 0 saturated carbocycles. The van der Waals surface area contributed by atoms with Crippen molar-refractivity contribution in [2.45, 2.75) is 64.7 Å². The molecule has 0 saturated heterocycles. The largest absolute Gasteiger partial charge is 0.246 e. The highest BCUT2D eigenvalue weighted by molar-refractivity contribution is 5.78. The zero-order valence-electron chi connectivity index (χ0n) is 12.7. The van der Waals surface area contributed by atoms with Gasteiger partial charge in [-0.1, -0.05) is 70.1 Å². The smallest absolute Gasteiger partial charge is 0.0894 e. The number of benzene rings is 1. The lowest BCUT2D eigenvalue weighted by Gasteiger charge is -2.04. The molecule has 0 amide bonds. The standard InChI is InChI=1S/C19H26N/c1-2-3-4-5-6-7-8-9-11-17-13-14-18-12-10-15-20-19(18)16-17/h10,12-14,16H,2-9,11H2,1H3. The molecule has 1 heterocycles. The Balaban J connectivity index is 1.65. The van der Waals surface area contributed by atoms with Gasteiger partial charge in [0.25, 0.3) is 0 Å². The molecule has 0 aliphatic heterocycles. The van der Waals surface area contributed by atoms with Crippen molar-refractivity contribution >= 4 is 10.9 Å². The third-order valence-corrected chi connectivity index (χ3v) is 3.94. The van der Waals surface area contributed by atoms with E-state index in [1.807, 2.05) is 6.07 Å². The first-order chi connectivity index (χ1) is 9.90. The minimum atomic E-state index is 1.07. The molecular weight excluding hydrogens is 242 g/mol. The van der Waals surface area contributed by atoms with Crippen LogP contribution in [-0.4, -0.2) is 4.98 Å². The number of hydrogen-bond acceptors (Lipinski definition) is 1. The second kappa shape index (κ2) is 8.73. The fourth-order valence-electron chi connectivity index (χ4n) is 2.68.